The molecular weight excluding hydrogens is 304 g/mol. The zero-order valence-corrected chi connectivity index (χ0v) is 12.7. The van der Waals surface area contributed by atoms with E-state index in [-0.39, 0.29) is 0 Å². The Hall–Kier alpha value is -3.41. The van der Waals surface area contributed by atoms with E-state index in [4.69, 9.17) is 0 Å². The Kier molecular flexibility index (Phi) is 3.35. The first-order chi connectivity index (χ1) is 11.7. The van der Waals surface area contributed by atoms with Crippen molar-refractivity contribution < 1.29 is 0 Å². The third kappa shape index (κ3) is 2.44. The monoisotopic (exact) mass is 318 g/mol. The van der Waals surface area contributed by atoms with Crippen molar-refractivity contribution in [2.24, 2.45) is 0 Å². The lowest BCUT2D eigenvalue weighted by Crippen LogP contribution is -2.36. The van der Waals surface area contributed by atoms with Crippen LogP contribution in [0.1, 0.15) is 5.56 Å². The summed E-state index contributed by atoms with van der Waals surface area (Å²) in [6, 6.07) is 15.2. The first-order valence-corrected chi connectivity index (χ1v) is 7.53. The Balaban J connectivity index is 1.56. The van der Waals surface area contributed by atoms with Crippen molar-refractivity contribution in [1.82, 2.24) is 9.97 Å². The third-order valence-corrected chi connectivity index (χ3v) is 3.91. The standard InChI is InChI=1S/C18H14N4O2/c23-17-15(19-9-11-4-2-1-3-5-11)16(18(17)24)22-12-6-7-13-14(8-12)21-10-20-13/h1-8,10,19,22H,9H2,(H,20,21). The number of fused-ring (bicyclic) bond motifs is 1. The summed E-state index contributed by atoms with van der Waals surface area (Å²) in [7, 11) is 0. The highest BCUT2D eigenvalue weighted by Crippen LogP contribution is 2.23. The van der Waals surface area contributed by atoms with Crippen molar-refractivity contribution >= 4 is 28.1 Å². The molecule has 118 valence electrons. The fourth-order valence-corrected chi connectivity index (χ4v) is 2.62. The van der Waals surface area contributed by atoms with Gasteiger partial charge in [-0.25, -0.2) is 4.98 Å². The summed E-state index contributed by atoms with van der Waals surface area (Å²) < 4.78 is 0. The maximum atomic E-state index is 11.9. The molecule has 1 aromatic heterocycles. The number of hydrogen-bond acceptors (Lipinski definition) is 5. The first-order valence-electron chi connectivity index (χ1n) is 7.53. The Labute approximate surface area is 136 Å². The maximum Gasteiger partial charge on any atom is 0.253 e. The molecule has 0 radical (unpaired) electrons. The number of aromatic nitrogens is 2. The van der Waals surface area contributed by atoms with Gasteiger partial charge < -0.3 is 15.6 Å². The van der Waals surface area contributed by atoms with Crippen molar-refractivity contribution in [3.63, 3.8) is 0 Å². The van der Waals surface area contributed by atoms with Crippen molar-refractivity contribution in [3.8, 4) is 0 Å². The lowest BCUT2D eigenvalue weighted by Gasteiger charge is -2.15. The molecule has 0 unspecified atom stereocenters. The van der Waals surface area contributed by atoms with Gasteiger partial charge in [-0.1, -0.05) is 30.3 Å². The van der Waals surface area contributed by atoms with E-state index in [1.165, 1.54) is 0 Å². The molecule has 6 nitrogen and oxygen atoms in total. The first kappa shape index (κ1) is 14.2. The summed E-state index contributed by atoms with van der Waals surface area (Å²) in [6.07, 6.45) is 1.61. The van der Waals surface area contributed by atoms with E-state index in [0.29, 0.717) is 23.6 Å². The van der Waals surface area contributed by atoms with Gasteiger partial charge in [-0.05, 0) is 23.8 Å². The van der Waals surface area contributed by atoms with Gasteiger partial charge in [-0.2, -0.15) is 0 Å². The zero-order chi connectivity index (χ0) is 16.5. The number of imidazole rings is 1. The van der Waals surface area contributed by atoms with Gasteiger partial charge in [-0.15, -0.1) is 0 Å². The predicted octanol–water partition coefficient (Wildman–Crippen LogP) is 2.51. The van der Waals surface area contributed by atoms with E-state index < -0.39 is 10.9 Å². The van der Waals surface area contributed by atoms with Crippen LogP contribution in [0.25, 0.3) is 11.0 Å². The molecule has 24 heavy (non-hydrogen) atoms. The van der Waals surface area contributed by atoms with Crippen LogP contribution in [0.5, 0.6) is 0 Å². The molecule has 0 saturated heterocycles. The molecule has 0 amide bonds. The van der Waals surface area contributed by atoms with Crippen LogP contribution in [0.3, 0.4) is 0 Å². The van der Waals surface area contributed by atoms with Gasteiger partial charge in [0.1, 0.15) is 11.4 Å². The SMILES string of the molecule is O=c1c(NCc2ccccc2)c(Nc2ccc3[nH]cnc3c2)c1=O. The van der Waals surface area contributed by atoms with Crippen LogP contribution < -0.4 is 21.5 Å². The maximum absolute atomic E-state index is 11.9. The minimum Gasteiger partial charge on any atom is -0.376 e. The highest BCUT2D eigenvalue weighted by atomic mass is 16.2. The van der Waals surface area contributed by atoms with Crippen LogP contribution in [0, 0.1) is 0 Å². The molecule has 3 aromatic carbocycles. The van der Waals surface area contributed by atoms with Crippen LogP contribution in [-0.2, 0) is 6.54 Å². The molecule has 1 heterocycles. The van der Waals surface area contributed by atoms with Crippen molar-refractivity contribution in [2.45, 2.75) is 6.54 Å². The Morgan fingerprint density at radius 1 is 0.958 bits per heavy atom. The number of rotatable bonds is 5. The summed E-state index contributed by atoms with van der Waals surface area (Å²) in [6.45, 7) is 0.485. The second kappa shape index (κ2) is 5.66. The Bertz CT molecular complexity index is 1080. The van der Waals surface area contributed by atoms with Crippen LogP contribution >= 0.6 is 0 Å². The van der Waals surface area contributed by atoms with Crippen molar-refractivity contribution in [1.29, 1.82) is 0 Å². The van der Waals surface area contributed by atoms with Crippen LogP contribution in [0.2, 0.25) is 0 Å². The summed E-state index contributed by atoms with van der Waals surface area (Å²) in [4.78, 5) is 30.9. The van der Waals surface area contributed by atoms with Crippen LogP contribution in [-0.4, -0.2) is 9.97 Å². The highest BCUT2D eigenvalue weighted by Gasteiger charge is 2.20. The molecule has 4 aromatic rings. The number of aromatic amines is 1. The number of nitrogens with one attached hydrogen (secondary N) is 3. The normalized spacial score (nSPS) is 11.0. The zero-order valence-electron chi connectivity index (χ0n) is 12.7. The number of hydrogen-bond donors (Lipinski definition) is 3. The Morgan fingerprint density at radius 3 is 2.58 bits per heavy atom. The topological polar surface area (TPSA) is 86.9 Å². The molecular formula is C18H14N4O2. The van der Waals surface area contributed by atoms with Gasteiger partial charge in [0, 0.05) is 12.2 Å². The molecule has 0 spiro atoms. The van der Waals surface area contributed by atoms with Gasteiger partial charge in [0.15, 0.2) is 0 Å². The van der Waals surface area contributed by atoms with E-state index in [1.807, 2.05) is 48.5 Å². The van der Waals surface area contributed by atoms with E-state index in [1.54, 1.807) is 6.33 Å². The molecule has 4 rings (SSSR count). The smallest absolute Gasteiger partial charge is 0.253 e. The van der Waals surface area contributed by atoms with E-state index in [9.17, 15) is 9.59 Å². The summed E-state index contributed by atoms with van der Waals surface area (Å²) in [5.74, 6) is 0. The molecule has 0 atom stereocenters. The van der Waals surface area contributed by atoms with Crippen LogP contribution in [0.15, 0.2) is 64.4 Å². The number of anilines is 3. The highest BCUT2D eigenvalue weighted by molar-refractivity contribution is 5.83. The van der Waals surface area contributed by atoms with Crippen LogP contribution in [0.4, 0.5) is 17.1 Å². The second-order valence-electron chi connectivity index (χ2n) is 5.51. The molecule has 0 aliphatic carbocycles. The van der Waals surface area contributed by atoms with Crippen molar-refractivity contribution in [2.75, 3.05) is 10.6 Å². The van der Waals surface area contributed by atoms with Gasteiger partial charge in [0.2, 0.25) is 0 Å². The van der Waals surface area contributed by atoms with E-state index in [0.717, 1.165) is 16.6 Å². The third-order valence-electron chi connectivity index (χ3n) is 3.91. The molecule has 0 bridgehead atoms. The fraction of sp³-hybridized carbons (Fsp3) is 0.0556. The van der Waals surface area contributed by atoms with Gasteiger partial charge >= 0.3 is 0 Å². The van der Waals surface area contributed by atoms with Gasteiger partial charge in [-0.3, -0.25) is 9.59 Å². The lowest BCUT2D eigenvalue weighted by molar-refractivity contribution is 1.13. The van der Waals surface area contributed by atoms with E-state index in [2.05, 4.69) is 20.6 Å². The number of nitrogens with zero attached hydrogens (tertiary/aromatic N) is 1. The molecule has 0 aliphatic rings. The minimum absolute atomic E-state index is 0.297. The fourth-order valence-electron chi connectivity index (χ4n) is 2.62. The molecule has 6 heteroatoms. The second-order valence-corrected chi connectivity index (χ2v) is 5.51. The molecule has 0 fully saturated rings. The summed E-state index contributed by atoms with van der Waals surface area (Å²) in [5, 5.41) is 6.06. The average molecular weight is 318 g/mol. The summed E-state index contributed by atoms with van der Waals surface area (Å²) >= 11 is 0. The molecule has 3 N–H and O–H groups in total. The number of benzene rings is 2. The van der Waals surface area contributed by atoms with Gasteiger partial charge in [0.25, 0.3) is 10.9 Å². The number of H-pyrrole nitrogens is 1. The van der Waals surface area contributed by atoms with Gasteiger partial charge in [0.05, 0.1) is 17.4 Å². The predicted molar refractivity (Wildman–Crippen MR) is 94.5 cm³/mol. The summed E-state index contributed by atoms with van der Waals surface area (Å²) in [5.41, 5.74) is 3.07. The molecule has 0 aliphatic heterocycles. The lowest BCUT2D eigenvalue weighted by atomic mass is 10.1. The quantitative estimate of drug-likeness (QED) is 0.492. The van der Waals surface area contributed by atoms with E-state index >= 15 is 0 Å². The largest absolute Gasteiger partial charge is 0.376 e. The van der Waals surface area contributed by atoms with Crippen molar-refractivity contribution in [3.05, 3.63) is 80.9 Å². The minimum atomic E-state index is -0.507. The molecule has 0 saturated carbocycles. The Morgan fingerprint density at radius 2 is 1.75 bits per heavy atom. The average Bonchev–Trinajstić information content (AvgIpc) is 3.09.